The Morgan fingerprint density at radius 3 is 2.67 bits per heavy atom. The zero-order valence-electron chi connectivity index (χ0n) is 8.07. The largest absolute Gasteiger partial charge is 0.466 e. The highest BCUT2D eigenvalue weighted by Crippen LogP contribution is 2.10. The molecular formula is C10H9FN3O. The number of hydrogen-bond donors (Lipinski definition) is 1. The molecule has 1 radical (unpaired) electrons. The number of halogens is 1. The maximum absolute atomic E-state index is 12.6. The summed E-state index contributed by atoms with van der Waals surface area (Å²) in [5.74, 6) is 0.306. The molecule has 0 fully saturated rings. The number of benzene rings is 1. The van der Waals surface area contributed by atoms with Crippen molar-refractivity contribution in [3.8, 4) is 6.01 Å². The maximum atomic E-state index is 12.6. The van der Waals surface area contributed by atoms with Crippen LogP contribution in [0.4, 0.5) is 4.39 Å². The number of hydrogen-bond acceptors (Lipinski definition) is 3. The SMILES string of the molecule is COc1n[nH]c([CH]c2ccc(F)cc2)n1. The summed E-state index contributed by atoms with van der Waals surface area (Å²) >= 11 is 0. The lowest BCUT2D eigenvalue weighted by molar-refractivity contribution is 0.381. The molecule has 77 valence electrons. The molecule has 1 aromatic carbocycles. The number of aromatic amines is 1. The summed E-state index contributed by atoms with van der Waals surface area (Å²) in [6, 6.07) is 6.37. The van der Waals surface area contributed by atoms with E-state index in [2.05, 4.69) is 15.2 Å². The first-order valence-electron chi connectivity index (χ1n) is 4.34. The third kappa shape index (κ3) is 2.31. The van der Waals surface area contributed by atoms with E-state index >= 15 is 0 Å². The Hall–Kier alpha value is -1.91. The summed E-state index contributed by atoms with van der Waals surface area (Å²) in [6.45, 7) is 0. The second-order valence-electron chi connectivity index (χ2n) is 2.90. The molecule has 1 heterocycles. The minimum atomic E-state index is -0.262. The molecule has 0 unspecified atom stereocenters. The third-order valence-electron chi connectivity index (χ3n) is 1.84. The minimum Gasteiger partial charge on any atom is -0.466 e. The van der Waals surface area contributed by atoms with Crippen molar-refractivity contribution in [1.82, 2.24) is 15.2 Å². The Balaban J connectivity index is 2.11. The second-order valence-corrected chi connectivity index (χ2v) is 2.90. The van der Waals surface area contributed by atoms with Crippen LogP contribution in [0.15, 0.2) is 24.3 Å². The average Bonchev–Trinajstić information content (AvgIpc) is 2.69. The van der Waals surface area contributed by atoms with Gasteiger partial charge < -0.3 is 4.74 Å². The van der Waals surface area contributed by atoms with Crippen molar-refractivity contribution in [2.75, 3.05) is 7.11 Å². The monoisotopic (exact) mass is 206 g/mol. The van der Waals surface area contributed by atoms with Gasteiger partial charge in [-0.05, 0) is 17.7 Å². The van der Waals surface area contributed by atoms with Crippen molar-refractivity contribution in [3.63, 3.8) is 0 Å². The van der Waals surface area contributed by atoms with Gasteiger partial charge in [-0.15, -0.1) is 5.10 Å². The summed E-state index contributed by atoms with van der Waals surface area (Å²) in [7, 11) is 1.49. The molecule has 0 atom stereocenters. The highest BCUT2D eigenvalue weighted by atomic mass is 19.1. The standard InChI is InChI=1S/C10H9FN3O/c1-15-10-12-9(13-14-10)6-7-2-4-8(11)5-3-7/h2-6H,1H3,(H,12,13,14). The maximum Gasteiger partial charge on any atom is 0.335 e. The number of aromatic nitrogens is 3. The lowest BCUT2D eigenvalue weighted by Gasteiger charge is -1.95. The van der Waals surface area contributed by atoms with Gasteiger partial charge in [0.1, 0.15) is 11.6 Å². The average molecular weight is 206 g/mol. The van der Waals surface area contributed by atoms with E-state index in [0.29, 0.717) is 5.82 Å². The van der Waals surface area contributed by atoms with E-state index in [4.69, 9.17) is 4.74 Å². The number of rotatable bonds is 3. The van der Waals surface area contributed by atoms with Crippen LogP contribution in [-0.4, -0.2) is 22.3 Å². The Morgan fingerprint density at radius 2 is 2.07 bits per heavy atom. The van der Waals surface area contributed by atoms with Crippen molar-refractivity contribution in [2.45, 2.75) is 0 Å². The lowest BCUT2D eigenvalue weighted by Crippen LogP contribution is -1.88. The Labute approximate surface area is 86.1 Å². The van der Waals surface area contributed by atoms with Crippen LogP contribution >= 0.6 is 0 Å². The van der Waals surface area contributed by atoms with Crippen LogP contribution in [0.2, 0.25) is 0 Å². The first-order valence-corrected chi connectivity index (χ1v) is 4.34. The minimum absolute atomic E-state index is 0.262. The Kier molecular flexibility index (Phi) is 2.62. The molecule has 0 spiro atoms. The summed E-state index contributed by atoms with van der Waals surface area (Å²) < 4.78 is 17.4. The van der Waals surface area contributed by atoms with Crippen LogP contribution in [0.25, 0.3) is 0 Å². The molecular weight excluding hydrogens is 197 g/mol. The van der Waals surface area contributed by atoms with Crippen LogP contribution in [0, 0.1) is 12.2 Å². The summed E-state index contributed by atoms with van der Waals surface area (Å²) in [5, 5.41) is 6.47. The normalized spacial score (nSPS) is 10.3. The molecule has 2 aromatic rings. The van der Waals surface area contributed by atoms with Crippen molar-refractivity contribution < 1.29 is 9.13 Å². The zero-order chi connectivity index (χ0) is 10.7. The predicted octanol–water partition coefficient (Wildman–Crippen LogP) is 1.55. The fourth-order valence-electron chi connectivity index (χ4n) is 1.13. The van der Waals surface area contributed by atoms with Gasteiger partial charge in [-0.1, -0.05) is 12.1 Å². The van der Waals surface area contributed by atoms with Crippen molar-refractivity contribution in [2.24, 2.45) is 0 Å². The second kappa shape index (κ2) is 4.08. The van der Waals surface area contributed by atoms with Gasteiger partial charge in [0.2, 0.25) is 0 Å². The highest BCUT2D eigenvalue weighted by molar-refractivity contribution is 5.30. The molecule has 15 heavy (non-hydrogen) atoms. The van der Waals surface area contributed by atoms with Crippen LogP contribution in [0.5, 0.6) is 6.01 Å². The lowest BCUT2D eigenvalue weighted by atomic mass is 10.1. The number of H-pyrrole nitrogens is 1. The molecule has 0 aliphatic rings. The van der Waals surface area contributed by atoms with Crippen molar-refractivity contribution in [1.29, 1.82) is 0 Å². The smallest absolute Gasteiger partial charge is 0.335 e. The van der Waals surface area contributed by atoms with E-state index in [-0.39, 0.29) is 11.8 Å². The summed E-state index contributed by atoms with van der Waals surface area (Å²) in [5.41, 5.74) is 0.843. The van der Waals surface area contributed by atoms with E-state index in [9.17, 15) is 4.39 Å². The number of nitrogens with zero attached hydrogens (tertiary/aromatic N) is 2. The van der Waals surface area contributed by atoms with Crippen molar-refractivity contribution in [3.05, 3.63) is 47.9 Å². The molecule has 0 saturated heterocycles. The molecule has 2 rings (SSSR count). The van der Waals surface area contributed by atoms with Crippen LogP contribution in [-0.2, 0) is 0 Å². The summed E-state index contributed by atoms with van der Waals surface area (Å²) in [4.78, 5) is 4.01. The van der Waals surface area contributed by atoms with Crippen LogP contribution in [0.1, 0.15) is 11.4 Å². The molecule has 1 N–H and O–H groups in total. The van der Waals surface area contributed by atoms with E-state index in [1.807, 2.05) is 0 Å². The molecule has 0 saturated carbocycles. The molecule has 0 aliphatic carbocycles. The van der Waals surface area contributed by atoms with E-state index in [1.165, 1.54) is 19.2 Å². The number of methoxy groups -OCH3 is 1. The van der Waals surface area contributed by atoms with Gasteiger partial charge in [0, 0.05) is 0 Å². The summed E-state index contributed by atoms with van der Waals surface area (Å²) in [6.07, 6.45) is 1.74. The van der Waals surface area contributed by atoms with Gasteiger partial charge in [-0.2, -0.15) is 4.98 Å². The van der Waals surface area contributed by atoms with Gasteiger partial charge in [0.25, 0.3) is 0 Å². The fraction of sp³-hybridized carbons (Fsp3) is 0.100. The molecule has 0 bridgehead atoms. The van der Waals surface area contributed by atoms with Gasteiger partial charge >= 0.3 is 6.01 Å². The topological polar surface area (TPSA) is 50.8 Å². The molecule has 5 heteroatoms. The van der Waals surface area contributed by atoms with Gasteiger partial charge in [0.15, 0.2) is 0 Å². The quantitative estimate of drug-likeness (QED) is 0.828. The first kappa shape index (κ1) is 9.64. The van der Waals surface area contributed by atoms with Crippen molar-refractivity contribution >= 4 is 0 Å². The fourth-order valence-corrected chi connectivity index (χ4v) is 1.13. The van der Waals surface area contributed by atoms with Gasteiger partial charge in [-0.3, -0.25) is 5.10 Å². The highest BCUT2D eigenvalue weighted by Gasteiger charge is 2.04. The Morgan fingerprint density at radius 1 is 1.33 bits per heavy atom. The third-order valence-corrected chi connectivity index (χ3v) is 1.84. The molecule has 1 aromatic heterocycles. The molecule has 0 amide bonds. The van der Waals surface area contributed by atoms with Gasteiger partial charge in [-0.25, -0.2) is 4.39 Å². The Bertz CT molecular complexity index is 438. The van der Waals surface area contributed by atoms with Crippen LogP contribution < -0.4 is 4.74 Å². The van der Waals surface area contributed by atoms with E-state index in [0.717, 1.165) is 5.56 Å². The van der Waals surface area contributed by atoms with Gasteiger partial charge in [0.05, 0.1) is 13.5 Å². The van der Waals surface area contributed by atoms with Crippen LogP contribution in [0.3, 0.4) is 0 Å². The number of nitrogens with one attached hydrogen (secondary N) is 1. The predicted molar refractivity (Wildman–Crippen MR) is 51.8 cm³/mol. The van der Waals surface area contributed by atoms with E-state index < -0.39 is 0 Å². The number of ether oxygens (including phenoxy) is 1. The van der Waals surface area contributed by atoms with E-state index in [1.54, 1.807) is 18.6 Å². The molecule has 4 nitrogen and oxygen atoms in total. The zero-order valence-corrected chi connectivity index (χ0v) is 8.07. The molecule has 0 aliphatic heterocycles. The first-order chi connectivity index (χ1) is 7.28.